The van der Waals surface area contributed by atoms with Gasteiger partial charge in [-0.05, 0) is 62.9 Å². The summed E-state index contributed by atoms with van der Waals surface area (Å²) in [6.07, 6.45) is 1.32. The van der Waals surface area contributed by atoms with Gasteiger partial charge in [0.2, 0.25) is 5.91 Å². The van der Waals surface area contributed by atoms with E-state index >= 15 is 0 Å². The molecule has 0 aliphatic carbocycles. The molecule has 0 spiro atoms. The van der Waals surface area contributed by atoms with E-state index in [0.29, 0.717) is 24.5 Å². The Kier molecular flexibility index (Phi) is 9.57. The number of amides is 2. The van der Waals surface area contributed by atoms with E-state index in [4.69, 9.17) is 9.47 Å². The van der Waals surface area contributed by atoms with Crippen molar-refractivity contribution >= 4 is 11.8 Å². The Morgan fingerprint density at radius 1 is 1.06 bits per heavy atom. The fourth-order valence-electron chi connectivity index (χ4n) is 3.51. The summed E-state index contributed by atoms with van der Waals surface area (Å²) in [5.74, 6) is 0.990. The highest BCUT2D eigenvalue weighted by Crippen LogP contribution is 2.20. The van der Waals surface area contributed by atoms with Crippen LogP contribution in [0.4, 0.5) is 0 Å². The van der Waals surface area contributed by atoms with Gasteiger partial charge in [-0.3, -0.25) is 9.59 Å². The number of aryl methyl sites for hydroxylation is 2. The molecule has 6 heteroatoms. The smallest absolute Gasteiger partial charge is 0.261 e. The monoisotopic (exact) mass is 440 g/mol. The maximum absolute atomic E-state index is 13.3. The summed E-state index contributed by atoms with van der Waals surface area (Å²) < 4.78 is 11.2. The third-order valence-corrected chi connectivity index (χ3v) is 5.56. The van der Waals surface area contributed by atoms with E-state index in [1.54, 1.807) is 12.0 Å². The van der Waals surface area contributed by atoms with Gasteiger partial charge in [0.05, 0.1) is 7.11 Å². The van der Waals surface area contributed by atoms with Crippen LogP contribution in [0.3, 0.4) is 0 Å². The predicted octanol–water partition coefficient (Wildman–Crippen LogP) is 4.41. The Balaban J connectivity index is 2.25. The Labute approximate surface area is 191 Å². The minimum absolute atomic E-state index is 0.0387. The van der Waals surface area contributed by atoms with Crippen molar-refractivity contribution in [3.05, 3.63) is 59.2 Å². The topological polar surface area (TPSA) is 67.9 Å². The van der Waals surface area contributed by atoms with Crippen molar-refractivity contribution < 1.29 is 19.1 Å². The lowest BCUT2D eigenvalue weighted by Crippen LogP contribution is -2.51. The van der Waals surface area contributed by atoms with Gasteiger partial charge in [0.1, 0.15) is 17.5 Å². The molecule has 2 aromatic rings. The molecule has 0 aliphatic rings. The van der Waals surface area contributed by atoms with Crippen molar-refractivity contribution in [2.75, 3.05) is 13.7 Å². The SMILES string of the molecule is CC[C@@H](C)NC(=O)[C@H](CC)N(Cc1cccc(OC)c1)C(=O)COc1ccc(C)cc1C. The fraction of sp³-hybridized carbons (Fsp3) is 0.462. The summed E-state index contributed by atoms with van der Waals surface area (Å²) in [7, 11) is 1.61. The average Bonchev–Trinajstić information content (AvgIpc) is 2.78. The van der Waals surface area contributed by atoms with Crippen LogP contribution < -0.4 is 14.8 Å². The molecule has 2 amide bonds. The maximum Gasteiger partial charge on any atom is 0.261 e. The summed E-state index contributed by atoms with van der Waals surface area (Å²) in [5, 5.41) is 3.02. The summed E-state index contributed by atoms with van der Waals surface area (Å²) in [6.45, 7) is 10.0. The van der Waals surface area contributed by atoms with Gasteiger partial charge in [-0.1, -0.05) is 43.7 Å². The van der Waals surface area contributed by atoms with Crippen molar-refractivity contribution in [2.45, 2.75) is 66.1 Å². The van der Waals surface area contributed by atoms with Gasteiger partial charge in [0.15, 0.2) is 6.61 Å². The number of nitrogens with one attached hydrogen (secondary N) is 1. The van der Waals surface area contributed by atoms with Crippen LogP contribution in [0.15, 0.2) is 42.5 Å². The van der Waals surface area contributed by atoms with Crippen LogP contribution in [0, 0.1) is 13.8 Å². The second-order valence-electron chi connectivity index (χ2n) is 8.17. The number of benzene rings is 2. The molecule has 32 heavy (non-hydrogen) atoms. The van der Waals surface area contributed by atoms with E-state index in [0.717, 1.165) is 23.1 Å². The lowest BCUT2D eigenvalue weighted by atomic mass is 10.1. The number of carbonyl (C=O) groups excluding carboxylic acids is 2. The first-order valence-electron chi connectivity index (χ1n) is 11.2. The van der Waals surface area contributed by atoms with Gasteiger partial charge >= 0.3 is 0 Å². The van der Waals surface area contributed by atoms with Crippen LogP contribution in [0.2, 0.25) is 0 Å². The Bertz CT molecular complexity index is 912. The second kappa shape index (κ2) is 12.1. The molecular formula is C26H36N2O4. The number of nitrogens with zero attached hydrogens (tertiary/aromatic N) is 1. The molecule has 0 aromatic heterocycles. The highest BCUT2D eigenvalue weighted by molar-refractivity contribution is 5.88. The van der Waals surface area contributed by atoms with Crippen LogP contribution in [0.1, 0.15) is 50.3 Å². The maximum atomic E-state index is 13.3. The number of carbonyl (C=O) groups is 2. The zero-order chi connectivity index (χ0) is 23.7. The molecule has 2 rings (SSSR count). The van der Waals surface area contributed by atoms with Crippen LogP contribution in [-0.4, -0.2) is 42.5 Å². The third-order valence-electron chi connectivity index (χ3n) is 5.56. The number of hydrogen-bond acceptors (Lipinski definition) is 4. The molecule has 0 radical (unpaired) electrons. The number of ether oxygens (including phenoxy) is 2. The number of hydrogen-bond donors (Lipinski definition) is 1. The summed E-state index contributed by atoms with van der Waals surface area (Å²) >= 11 is 0. The molecule has 0 heterocycles. The molecule has 0 saturated carbocycles. The first-order chi connectivity index (χ1) is 15.3. The third kappa shape index (κ3) is 7.01. The predicted molar refractivity (Wildman–Crippen MR) is 127 cm³/mol. The molecule has 0 aliphatic heterocycles. The zero-order valence-electron chi connectivity index (χ0n) is 20.1. The van der Waals surface area contributed by atoms with E-state index in [-0.39, 0.29) is 24.5 Å². The number of methoxy groups -OCH3 is 1. The lowest BCUT2D eigenvalue weighted by Gasteiger charge is -2.31. The molecule has 0 fully saturated rings. The van der Waals surface area contributed by atoms with Gasteiger partial charge in [0, 0.05) is 12.6 Å². The molecule has 2 atom stereocenters. The van der Waals surface area contributed by atoms with E-state index < -0.39 is 6.04 Å². The quantitative estimate of drug-likeness (QED) is 0.562. The van der Waals surface area contributed by atoms with E-state index in [9.17, 15) is 9.59 Å². The van der Waals surface area contributed by atoms with Crippen LogP contribution >= 0.6 is 0 Å². The Morgan fingerprint density at radius 3 is 2.44 bits per heavy atom. The Morgan fingerprint density at radius 2 is 1.81 bits per heavy atom. The van der Waals surface area contributed by atoms with Crippen molar-refractivity contribution in [3.8, 4) is 11.5 Å². The summed E-state index contributed by atoms with van der Waals surface area (Å²) in [6, 6.07) is 12.8. The van der Waals surface area contributed by atoms with Gasteiger partial charge in [-0.15, -0.1) is 0 Å². The lowest BCUT2D eigenvalue weighted by molar-refractivity contribution is -0.143. The van der Waals surface area contributed by atoms with E-state index in [1.165, 1.54) is 0 Å². The van der Waals surface area contributed by atoms with E-state index in [1.807, 2.05) is 77.1 Å². The van der Waals surface area contributed by atoms with Crippen molar-refractivity contribution in [3.63, 3.8) is 0 Å². The molecular weight excluding hydrogens is 404 g/mol. The first kappa shape index (κ1) is 25.2. The van der Waals surface area contributed by atoms with Gasteiger partial charge < -0.3 is 19.7 Å². The highest BCUT2D eigenvalue weighted by atomic mass is 16.5. The molecule has 0 unspecified atom stereocenters. The average molecular weight is 441 g/mol. The fourth-order valence-corrected chi connectivity index (χ4v) is 3.51. The highest BCUT2D eigenvalue weighted by Gasteiger charge is 2.29. The van der Waals surface area contributed by atoms with Gasteiger partial charge in [0.25, 0.3) is 5.91 Å². The van der Waals surface area contributed by atoms with Gasteiger partial charge in [-0.25, -0.2) is 0 Å². The second-order valence-corrected chi connectivity index (χ2v) is 8.17. The largest absolute Gasteiger partial charge is 0.497 e. The Hall–Kier alpha value is -3.02. The van der Waals surface area contributed by atoms with Crippen LogP contribution in [0.5, 0.6) is 11.5 Å². The van der Waals surface area contributed by atoms with E-state index in [2.05, 4.69) is 5.32 Å². The van der Waals surface area contributed by atoms with Crippen molar-refractivity contribution in [1.29, 1.82) is 0 Å². The normalized spacial score (nSPS) is 12.6. The molecule has 1 N–H and O–H groups in total. The molecule has 2 aromatic carbocycles. The van der Waals surface area contributed by atoms with Crippen molar-refractivity contribution in [1.82, 2.24) is 10.2 Å². The summed E-state index contributed by atoms with van der Waals surface area (Å²) in [5.41, 5.74) is 2.99. The molecule has 0 saturated heterocycles. The van der Waals surface area contributed by atoms with Crippen LogP contribution in [-0.2, 0) is 16.1 Å². The zero-order valence-corrected chi connectivity index (χ0v) is 20.1. The molecule has 6 nitrogen and oxygen atoms in total. The van der Waals surface area contributed by atoms with Crippen LogP contribution in [0.25, 0.3) is 0 Å². The summed E-state index contributed by atoms with van der Waals surface area (Å²) in [4.78, 5) is 27.9. The molecule has 174 valence electrons. The number of rotatable bonds is 11. The molecule has 0 bridgehead atoms. The van der Waals surface area contributed by atoms with Crippen molar-refractivity contribution in [2.24, 2.45) is 0 Å². The minimum atomic E-state index is -0.592. The minimum Gasteiger partial charge on any atom is -0.497 e. The standard InChI is InChI=1S/C26H36N2O4/c1-7-20(5)27-26(30)23(8-2)28(16-21-10-9-11-22(15-21)31-6)25(29)17-32-24-13-12-18(3)14-19(24)4/h9-15,20,23H,7-8,16-17H2,1-6H3,(H,27,30)/t20-,23+/m1/s1. The first-order valence-corrected chi connectivity index (χ1v) is 11.2. The van der Waals surface area contributed by atoms with Gasteiger partial charge in [-0.2, -0.15) is 0 Å².